The molecule has 4 aromatic rings. The number of ether oxygens (including phenoxy) is 1. The lowest BCUT2D eigenvalue weighted by atomic mass is 10.1. The number of benzene rings is 3. The van der Waals surface area contributed by atoms with Crippen molar-refractivity contribution in [3.05, 3.63) is 82.8 Å². The molecule has 1 amide bonds. The maximum absolute atomic E-state index is 13.1. The number of fused-ring (bicyclic) bond motifs is 1. The van der Waals surface area contributed by atoms with Crippen LogP contribution in [0.2, 0.25) is 0 Å². The van der Waals surface area contributed by atoms with E-state index in [4.69, 9.17) is 14.7 Å². The van der Waals surface area contributed by atoms with Gasteiger partial charge in [-0.15, -0.1) is 0 Å². The fraction of sp³-hybridized carbons (Fsp3) is 0.160. The number of anilines is 2. The first kappa shape index (κ1) is 20.6. The van der Waals surface area contributed by atoms with Crippen LogP contribution in [0.3, 0.4) is 0 Å². The molecular weight excluding hydrogens is 468 g/mol. The number of rotatable bonds is 4. The SMILES string of the molecule is O=C(c1ccccc1Nc1nc(-c2ccccc2)c2cc(Br)ccc2n1)N1CCOCC1. The number of nitrogens with one attached hydrogen (secondary N) is 1. The Morgan fingerprint density at radius 3 is 2.50 bits per heavy atom. The summed E-state index contributed by atoms with van der Waals surface area (Å²) in [5, 5.41) is 4.25. The fourth-order valence-electron chi connectivity index (χ4n) is 3.81. The highest BCUT2D eigenvalue weighted by atomic mass is 79.9. The minimum atomic E-state index is -0.0237. The molecule has 1 aliphatic rings. The maximum atomic E-state index is 13.1. The summed E-state index contributed by atoms with van der Waals surface area (Å²) in [6.07, 6.45) is 0. The molecule has 2 heterocycles. The van der Waals surface area contributed by atoms with Crippen molar-refractivity contribution < 1.29 is 9.53 Å². The standard InChI is InChI=1S/C25H21BrN4O2/c26-18-10-11-22-20(16-18)23(17-6-2-1-3-7-17)29-25(28-22)27-21-9-5-4-8-19(21)24(31)30-12-14-32-15-13-30/h1-11,16H,12-15H2,(H,27,28,29). The van der Waals surface area contributed by atoms with Crippen LogP contribution in [0.15, 0.2) is 77.3 Å². The van der Waals surface area contributed by atoms with Gasteiger partial charge in [0.05, 0.1) is 35.7 Å². The number of hydrogen-bond acceptors (Lipinski definition) is 5. The van der Waals surface area contributed by atoms with Gasteiger partial charge in [-0.3, -0.25) is 4.79 Å². The van der Waals surface area contributed by atoms with E-state index in [9.17, 15) is 4.79 Å². The molecule has 0 bridgehead atoms. The van der Waals surface area contributed by atoms with Crippen LogP contribution < -0.4 is 5.32 Å². The predicted octanol–water partition coefficient (Wildman–Crippen LogP) is 5.28. The molecule has 0 saturated carbocycles. The van der Waals surface area contributed by atoms with Gasteiger partial charge < -0.3 is 15.0 Å². The van der Waals surface area contributed by atoms with Crippen molar-refractivity contribution >= 4 is 44.4 Å². The molecule has 3 aromatic carbocycles. The minimum absolute atomic E-state index is 0.0237. The Labute approximate surface area is 194 Å². The van der Waals surface area contributed by atoms with Crippen LogP contribution >= 0.6 is 15.9 Å². The maximum Gasteiger partial charge on any atom is 0.256 e. The lowest BCUT2D eigenvalue weighted by Crippen LogP contribution is -2.40. The van der Waals surface area contributed by atoms with Gasteiger partial charge in [0.25, 0.3) is 5.91 Å². The topological polar surface area (TPSA) is 67.4 Å². The molecule has 1 aliphatic heterocycles. The summed E-state index contributed by atoms with van der Waals surface area (Å²) in [6.45, 7) is 2.30. The summed E-state index contributed by atoms with van der Waals surface area (Å²) >= 11 is 3.55. The summed E-state index contributed by atoms with van der Waals surface area (Å²) in [6, 6.07) is 23.4. The number of carbonyl (C=O) groups is 1. The lowest BCUT2D eigenvalue weighted by Gasteiger charge is -2.27. The van der Waals surface area contributed by atoms with Crippen molar-refractivity contribution in [2.75, 3.05) is 31.6 Å². The Morgan fingerprint density at radius 1 is 0.938 bits per heavy atom. The molecule has 0 radical (unpaired) electrons. The zero-order valence-corrected chi connectivity index (χ0v) is 18.9. The molecule has 0 atom stereocenters. The minimum Gasteiger partial charge on any atom is -0.378 e. The first-order valence-corrected chi connectivity index (χ1v) is 11.2. The van der Waals surface area contributed by atoms with E-state index in [0.717, 1.165) is 26.6 Å². The quantitative estimate of drug-likeness (QED) is 0.423. The number of amides is 1. The summed E-state index contributed by atoms with van der Waals surface area (Å²) in [7, 11) is 0. The van der Waals surface area contributed by atoms with E-state index in [1.54, 1.807) is 0 Å². The fourth-order valence-corrected chi connectivity index (χ4v) is 4.17. The highest BCUT2D eigenvalue weighted by molar-refractivity contribution is 9.10. The summed E-state index contributed by atoms with van der Waals surface area (Å²) in [5.41, 5.74) is 3.92. The molecule has 32 heavy (non-hydrogen) atoms. The summed E-state index contributed by atoms with van der Waals surface area (Å²) in [4.78, 5) is 24.5. The number of aromatic nitrogens is 2. The number of carbonyl (C=O) groups excluding carboxylic acids is 1. The number of morpholine rings is 1. The van der Waals surface area contributed by atoms with Crippen LogP contribution in [0.4, 0.5) is 11.6 Å². The average Bonchev–Trinajstić information content (AvgIpc) is 2.85. The van der Waals surface area contributed by atoms with Crippen molar-refractivity contribution in [3.63, 3.8) is 0 Å². The first-order chi connectivity index (χ1) is 15.7. The summed E-state index contributed by atoms with van der Waals surface area (Å²) in [5.74, 6) is 0.422. The van der Waals surface area contributed by atoms with E-state index >= 15 is 0 Å². The van der Waals surface area contributed by atoms with Crippen LogP contribution in [0, 0.1) is 0 Å². The van der Waals surface area contributed by atoms with Crippen LogP contribution in [0.5, 0.6) is 0 Å². The molecule has 0 aliphatic carbocycles. The Kier molecular flexibility index (Phi) is 5.83. The van der Waals surface area contributed by atoms with E-state index in [0.29, 0.717) is 43.5 Å². The van der Waals surface area contributed by atoms with Crippen molar-refractivity contribution in [1.29, 1.82) is 0 Å². The van der Waals surface area contributed by atoms with Crippen LogP contribution in [-0.2, 0) is 4.74 Å². The van der Waals surface area contributed by atoms with Crippen LogP contribution in [0.25, 0.3) is 22.2 Å². The number of halogens is 1. The van der Waals surface area contributed by atoms with E-state index in [1.807, 2.05) is 77.7 Å². The highest BCUT2D eigenvalue weighted by Crippen LogP contribution is 2.31. The molecule has 5 rings (SSSR count). The van der Waals surface area contributed by atoms with E-state index in [2.05, 4.69) is 21.2 Å². The highest BCUT2D eigenvalue weighted by Gasteiger charge is 2.21. The molecule has 1 N–H and O–H groups in total. The molecule has 1 saturated heterocycles. The van der Waals surface area contributed by atoms with Gasteiger partial charge in [-0.05, 0) is 30.3 Å². The normalized spacial score (nSPS) is 13.8. The lowest BCUT2D eigenvalue weighted by molar-refractivity contribution is 0.0303. The van der Waals surface area contributed by atoms with Crippen molar-refractivity contribution in [3.8, 4) is 11.3 Å². The summed E-state index contributed by atoms with van der Waals surface area (Å²) < 4.78 is 6.35. The predicted molar refractivity (Wildman–Crippen MR) is 129 cm³/mol. The van der Waals surface area contributed by atoms with Crippen molar-refractivity contribution in [1.82, 2.24) is 14.9 Å². The number of hydrogen-bond donors (Lipinski definition) is 1. The van der Waals surface area contributed by atoms with Gasteiger partial charge in [-0.2, -0.15) is 0 Å². The monoisotopic (exact) mass is 488 g/mol. The van der Waals surface area contributed by atoms with Gasteiger partial charge >= 0.3 is 0 Å². The molecule has 160 valence electrons. The molecule has 0 unspecified atom stereocenters. The number of nitrogens with zero attached hydrogens (tertiary/aromatic N) is 3. The van der Waals surface area contributed by atoms with Gasteiger partial charge in [0.15, 0.2) is 0 Å². The van der Waals surface area contributed by atoms with E-state index < -0.39 is 0 Å². The van der Waals surface area contributed by atoms with Crippen LogP contribution in [-0.4, -0.2) is 47.1 Å². The van der Waals surface area contributed by atoms with Gasteiger partial charge in [0.1, 0.15) is 0 Å². The molecule has 6 nitrogen and oxygen atoms in total. The third-order valence-corrected chi connectivity index (χ3v) is 5.90. The Balaban J connectivity index is 1.56. The Morgan fingerprint density at radius 2 is 1.69 bits per heavy atom. The van der Waals surface area contributed by atoms with Crippen molar-refractivity contribution in [2.24, 2.45) is 0 Å². The largest absolute Gasteiger partial charge is 0.378 e. The first-order valence-electron chi connectivity index (χ1n) is 10.4. The van der Waals surface area contributed by atoms with Crippen LogP contribution in [0.1, 0.15) is 10.4 Å². The smallest absolute Gasteiger partial charge is 0.256 e. The third kappa shape index (κ3) is 4.22. The third-order valence-electron chi connectivity index (χ3n) is 5.41. The zero-order chi connectivity index (χ0) is 21.9. The molecular formula is C25H21BrN4O2. The van der Waals surface area contributed by atoms with Gasteiger partial charge in [0.2, 0.25) is 5.95 Å². The second-order valence-corrected chi connectivity index (χ2v) is 8.41. The average molecular weight is 489 g/mol. The van der Waals surface area contributed by atoms with E-state index in [-0.39, 0.29) is 5.91 Å². The second-order valence-electron chi connectivity index (χ2n) is 7.50. The molecule has 0 spiro atoms. The number of para-hydroxylation sites is 1. The Bertz CT molecular complexity index is 1270. The van der Waals surface area contributed by atoms with Gasteiger partial charge in [-0.1, -0.05) is 58.4 Å². The van der Waals surface area contributed by atoms with Gasteiger partial charge in [0, 0.05) is 28.5 Å². The zero-order valence-electron chi connectivity index (χ0n) is 17.3. The van der Waals surface area contributed by atoms with E-state index in [1.165, 1.54) is 0 Å². The van der Waals surface area contributed by atoms with Gasteiger partial charge in [-0.25, -0.2) is 9.97 Å². The van der Waals surface area contributed by atoms with Crippen molar-refractivity contribution in [2.45, 2.75) is 0 Å². The second kappa shape index (κ2) is 9.06. The Hall–Kier alpha value is -3.29. The molecule has 1 fully saturated rings. The molecule has 1 aromatic heterocycles. The molecule has 7 heteroatoms.